The molecule has 2 atom stereocenters. The first kappa shape index (κ1) is 12.1. The molecule has 0 bridgehead atoms. The van der Waals surface area contributed by atoms with Gasteiger partial charge in [-0.15, -0.1) is 0 Å². The van der Waals surface area contributed by atoms with Crippen LogP contribution in [0.1, 0.15) is 19.8 Å². The lowest BCUT2D eigenvalue weighted by Gasteiger charge is -2.14. The van der Waals surface area contributed by atoms with Crippen LogP contribution in [-0.2, 0) is 4.79 Å². The standard InChI is InChI=1S/C8H17N3O2/c1-5(10)6(4-9)2-3-7(11)8(12)13/h6-7,10H,2-4,9,11H2,1H3,(H,12,13)/t6?,7-/m0/s1. The molecule has 0 fully saturated rings. The highest BCUT2D eigenvalue weighted by molar-refractivity contribution is 5.81. The Balaban J connectivity index is 3.85. The van der Waals surface area contributed by atoms with Gasteiger partial charge < -0.3 is 22.0 Å². The number of rotatable bonds is 6. The first-order valence-electron chi connectivity index (χ1n) is 4.22. The van der Waals surface area contributed by atoms with Gasteiger partial charge in [-0.1, -0.05) is 0 Å². The van der Waals surface area contributed by atoms with E-state index in [4.69, 9.17) is 22.0 Å². The first-order valence-corrected chi connectivity index (χ1v) is 4.22. The van der Waals surface area contributed by atoms with E-state index < -0.39 is 12.0 Å². The van der Waals surface area contributed by atoms with Gasteiger partial charge in [0.1, 0.15) is 6.04 Å². The summed E-state index contributed by atoms with van der Waals surface area (Å²) in [5.74, 6) is -1.04. The molecule has 0 heterocycles. The Morgan fingerprint density at radius 3 is 2.38 bits per heavy atom. The maximum atomic E-state index is 10.4. The number of hydrogen-bond acceptors (Lipinski definition) is 4. The van der Waals surface area contributed by atoms with E-state index in [2.05, 4.69) is 0 Å². The Bertz CT molecular complexity index is 194. The topological polar surface area (TPSA) is 113 Å². The van der Waals surface area contributed by atoms with Crippen molar-refractivity contribution in [2.45, 2.75) is 25.8 Å². The fraction of sp³-hybridized carbons (Fsp3) is 0.750. The molecular weight excluding hydrogens is 170 g/mol. The third kappa shape index (κ3) is 4.59. The van der Waals surface area contributed by atoms with Crippen LogP contribution >= 0.6 is 0 Å². The molecule has 0 saturated carbocycles. The van der Waals surface area contributed by atoms with E-state index in [1.807, 2.05) is 0 Å². The summed E-state index contributed by atoms with van der Waals surface area (Å²) in [7, 11) is 0. The average Bonchev–Trinajstić information content (AvgIpc) is 2.04. The van der Waals surface area contributed by atoms with Crippen molar-refractivity contribution in [1.82, 2.24) is 0 Å². The minimum Gasteiger partial charge on any atom is -0.480 e. The molecule has 0 amide bonds. The summed E-state index contributed by atoms with van der Waals surface area (Å²) < 4.78 is 0. The minimum atomic E-state index is -1.00. The maximum Gasteiger partial charge on any atom is 0.320 e. The third-order valence-corrected chi connectivity index (χ3v) is 2.04. The quantitative estimate of drug-likeness (QED) is 0.431. The second-order valence-electron chi connectivity index (χ2n) is 3.14. The van der Waals surface area contributed by atoms with Crippen LogP contribution in [0.2, 0.25) is 0 Å². The molecule has 0 rings (SSSR count). The summed E-state index contributed by atoms with van der Waals surface area (Å²) in [6.07, 6.45) is 0.937. The molecule has 0 aliphatic heterocycles. The molecule has 0 spiro atoms. The summed E-state index contributed by atoms with van der Waals surface area (Å²) in [4.78, 5) is 10.4. The number of carboxylic acids is 1. The van der Waals surface area contributed by atoms with E-state index in [0.717, 1.165) is 0 Å². The molecule has 0 saturated heterocycles. The van der Waals surface area contributed by atoms with Gasteiger partial charge in [0.05, 0.1) is 0 Å². The molecule has 0 aromatic rings. The molecule has 6 N–H and O–H groups in total. The normalized spacial score (nSPS) is 15.0. The highest BCUT2D eigenvalue weighted by Crippen LogP contribution is 2.08. The molecule has 76 valence electrons. The second-order valence-corrected chi connectivity index (χ2v) is 3.14. The maximum absolute atomic E-state index is 10.4. The van der Waals surface area contributed by atoms with Crippen LogP contribution in [0.3, 0.4) is 0 Å². The number of carboxylic acid groups (broad SMARTS) is 1. The minimum absolute atomic E-state index is 0.0367. The van der Waals surface area contributed by atoms with Gasteiger partial charge in [0, 0.05) is 18.2 Å². The van der Waals surface area contributed by atoms with Gasteiger partial charge in [-0.05, 0) is 19.8 Å². The van der Waals surface area contributed by atoms with E-state index in [1.165, 1.54) is 0 Å². The van der Waals surface area contributed by atoms with E-state index in [9.17, 15) is 4.79 Å². The zero-order chi connectivity index (χ0) is 10.4. The number of nitrogens with two attached hydrogens (primary N) is 2. The molecule has 0 aromatic heterocycles. The predicted octanol–water partition coefficient (Wildman–Crippen LogP) is -0.207. The van der Waals surface area contributed by atoms with Crippen LogP contribution in [0.5, 0.6) is 0 Å². The lowest BCUT2D eigenvalue weighted by molar-refractivity contribution is -0.138. The monoisotopic (exact) mass is 187 g/mol. The SMILES string of the molecule is CC(=N)C(CN)CC[C@H](N)C(=O)O. The Kier molecular flexibility index (Phi) is 5.25. The smallest absolute Gasteiger partial charge is 0.320 e. The third-order valence-electron chi connectivity index (χ3n) is 2.04. The van der Waals surface area contributed by atoms with Gasteiger partial charge >= 0.3 is 5.97 Å². The van der Waals surface area contributed by atoms with Crippen LogP contribution in [0, 0.1) is 11.3 Å². The fourth-order valence-corrected chi connectivity index (χ4v) is 1.02. The van der Waals surface area contributed by atoms with Gasteiger partial charge in [-0.2, -0.15) is 0 Å². The Morgan fingerprint density at radius 1 is 1.54 bits per heavy atom. The zero-order valence-corrected chi connectivity index (χ0v) is 7.79. The average molecular weight is 187 g/mol. The van der Waals surface area contributed by atoms with Crippen molar-refractivity contribution >= 4 is 11.7 Å². The van der Waals surface area contributed by atoms with Gasteiger partial charge in [-0.3, -0.25) is 4.79 Å². The van der Waals surface area contributed by atoms with Crippen molar-refractivity contribution in [3.63, 3.8) is 0 Å². The molecule has 0 aliphatic carbocycles. The number of nitrogens with one attached hydrogen (secondary N) is 1. The molecule has 5 heteroatoms. The van der Waals surface area contributed by atoms with Crippen LogP contribution in [0.15, 0.2) is 0 Å². The molecular formula is C8H17N3O2. The van der Waals surface area contributed by atoms with Crippen LogP contribution in [0.25, 0.3) is 0 Å². The van der Waals surface area contributed by atoms with Crippen LogP contribution < -0.4 is 11.5 Å². The summed E-state index contributed by atoms with van der Waals surface area (Å²) in [6, 6.07) is -0.839. The van der Waals surface area contributed by atoms with Gasteiger partial charge in [0.25, 0.3) is 0 Å². The molecule has 0 radical (unpaired) electrons. The lowest BCUT2D eigenvalue weighted by Crippen LogP contribution is -2.32. The first-order chi connectivity index (χ1) is 5.99. The summed E-state index contributed by atoms with van der Waals surface area (Å²) >= 11 is 0. The van der Waals surface area contributed by atoms with E-state index in [-0.39, 0.29) is 5.92 Å². The van der Waals surface area contributed by atoms with Crippen LogP contribution in [0.4, 0.5) is 0 Å². The molecule has 1 unspecified atom stereocenters. The largest absolute Gasteiger partial charge is 0.480 e. The number of carbonyl (C=O) groups is 1. The van der Waals surface area contributed by atoms with Crippen LogP contribution in [-0.4, -0.2) is 29.4 Å². The van der Waals surface area contributed by atoms with Crippen molar-refractivity contribution in [2.75, 3.05) is 6.54 Å². The Labute approximate surface area is 77.6 Å². The fourth-order valence-electron chi connectivity index (χ4n) is 1.02. The predicted molar refractivity (Wildman–Crippen MR) is 50.8 cm³/mol. The van der Waals surface area contributed by atoms with Crippen molar-refractivity contribution in [2.24, 2.45) is 17.4 Å². The summed E-state index contributed by atoms with van der Waals surface area (Å²) in [6.45, 7) is 2.05. The lowest BCUT2D eigenvalue weighted by atomic mass is 9.96. The highest BCUT2D eigenvalue weighted by Gasteiger charge is 2.15. The summed E-state index contributed by atoms with van der Waals surface area (Å²) in [5, 5.41) is 15.8. The van der Waals surface area contributed by atoms with E-state index in [1.54, 1.807) is 6.92 Å². The molecule has 0 aliphatic rings. The van der Waals surface area contributed by atoms with E-state index >= 15 is 0 Å². The highest BCUT2D eigenvalue weighted by atomic mass is 16.4. The number of aliphatic carboxylic acids is 1. The van der Waals surface area contributed by atoms with Gasteiger partial charge in [0.15, 0.2) is 0 Å². The molecule has 13 heavy (non-hydrogen) atoms. The van der Waals surface area contributed by atoms with E-state index in [0.29, 0.717) is 25.1 Å². The second kappa shape index (κ2) is 5.66. The summed E-state index contributed by atoms with van der Waals surface area (Å²) in [5.41, 5.74) is 11.2. The van der Waals surface area contributed by atoms with Crippen molar-refractivity contribution in [1.29, 1.82) is 5.41 Å². The molecule has 0 aromatic carbocycles. The Morgan fingerprint density at radius 2 is 2.08 bits per heavy atom. The van der Waals surface area contributed by atoms with Crippen molar-refractivity contribution in [3.8, 4) is 0 Å². The van der Waals surface area contributed by atoms with Crippen molar-refractivity contribution in [3.05, 3.63) is 0 Å². The van der Waals surface area contributed by atoms with Gasteiger partial charge in [-0.25, -0.2) is 0 Å². The zero-order valence-electron chi connectivity index (χ0n) is 7.79. The Hall–Kier alpha value is -0.940. The molecule has 5 nitrogen and oxygen atoms in total. The number of hydrogen-bond donors (Lipinski definition) is 4. The van der Waals surface area contributed by atoms with Gasteiger partial charge in [0.2, 0.25) is 0 Å². The van der Waals surface area contributed by atoms with Crippen molar-refractivity contribution < 1.29 is 9.90 Å².